The summed E-state index contributed by atoms with van der Waals surface area (Å²) in [6, 6.07) is 11.8. The van der Waals surface area contributed by atoms with Crippen molar-refractivity contribution in [3.63, 3.8) is 0 Å². The van der Waals surface area contributed by atoms with Crippen molar-refractivity contribution in [1.82, 2.24) is 15.2 Å². The Labute approximate surface area is 165 Å². The van der Waals surface area contributed by atoms with E-state index in [4.69, 9.17) is 0 Å². The molecule has 2 aromatic carbocycles. The van der Waals surface area contributed by atoms with Crippen LogP contribution in [0.1, 0.15) is 20.3 Å². The summed E-state index contributed by atoms with van der Waals surface area (Å²) in [6.45, 7) is 4.87. The van der Waals surface area contributed by atoms with Crippen LogP contribution in [-0.2, 0) is 14.8 Å². The van der Waals surface area contributed by atoms with Crippen molar-refractivity contribution in [2.45, 2.75) is 36.5 Å². The molecule has 1 heterocycles. The summed E-state index contributed by atoms with van der Waals surface area (Å²) in [5.74, 6) is 0.0144. The van der Waals surface area contributed by atoms with Crippen molar-refractivity contribution >= 4 is 39.3 Å². The van der Waals surface area contributed by atoms with E-state index in [9.17, 15) is 13.2 Å². The topological polar surface area (TPSA) is 78.5 Å². The zero-order valence-electron chi connectivity index (χ0n) is 15.4. The van der Waals surface area contributed by atoms with Crippen LogP contribution in [0, 0.1) is 5.92 Å². The molecule has 1 saturated heterocycles. The van der Waals surface area contributed by atoms with Crippen molar-refractivity contribution in [2.75, 3.05) is 13.1 Å². The maximum atomic E-state index is 13.2. The average Bonchev–Trinajstić information content (AvgIpc) is 3.03. The number of rotatable bonds is 6. The standard InChI is InChI=1S/C19H25N3O3S2/c1-13(2)11-20-21-19(23)18-10-16(26)12-22(18)27(24,25)17-8-7-14-5-3-4-6-15(14)9-17/h3-9,13,16,18,20,26H,10-12H2,1-2H3,(H,21,23)/t16-,18+/m1/s1. The van der Waals surface area contributed by atoms with Gasteiger partial charge in [-0.3, -0.25) is 10.2 Å². The van der Waals surface area contributed by atoms with E-state index in [1.54, 1.807) is 18.2 Å². The van der Waals surface area contributed by atoms with Crippen LogP contribution in [0.3, 0.4) is 0 Å². The van der Waals surface area contributed by atoms with E-state index in [1.165, 1.54) is 4.31 Å². The molecule has 0 saturated carbocycles. The third-order valence-corrected chi connectivity index (χ3v) is 6.83. The van der Waals surface area contributed by atoms with Gasteiger partial charge in [0.2, 0.25) is 10.0 Å². The van der Waals surface area contributed by atoms with Gasteiger partial charge in [0.15, 0.2) is 0 Å². The van der Waals surface area contributed by atoms with Crippen molar-refractivity contribution < 1.29 is 13.2 Å². The van der Waals surface area contributed by atoms with E-state index < -0.39 is 16.1 Å². The second kappa shape index (κ2) is 8.18. The molecule has 0 spiro atoms. The molecule has 1 fully saturated rings. The second-order valence-corrected chi connectivity index (χ2v) is 9.87. The van der Waals surface area contributed by atoms with E-state index in [-0.39, 0.29) is 22.6 Å². The van der Waals surface area contributed by atoms with Gasteiger partial charge in [-0.05, 0) is 35.2 Å². The summed E-state index contributed by atoms with van der Waals surface area (Å²) in [5.41, 5.74) is 5.50. The van der Waals surface area contributed by atoms with Gasteiger partial charge in [-0.15, -0.1) is 0 Å². The number of hydrogen-bond acceptors (Lipinski definition) is 5. The second-order valence-electron chi connectivity index (χ2n) is 7.25. The number of carbonyl (C=O) groups is 1. The molecule has 8 heteroatoms. The molecule has 2 aromatic rings. The number of thiol groups is 1. The molecule has 1 aliphatic heterocycles. The molecule has 27 heavy (non-hydrogen) atoms. The molecule has 146 valence electrons. The first-order valence-electron chi connectivity index (χ1n) is 9.00. The Morgan fingerprint density at radius 1 is 1.22 bits per heavy atom. The summed E-state index contributed by atoms with van der Waals surface area (Å²) in [7, 11) is -3.80. The first-order chi connectivity index (χ1) is 12.8. The summed E-state index contributed by atoms with van der Waals surface area (Å²) in [5, 5.41) is 1.64. The van der Waals surface area contributed by atoms with Crippen molar-refractivity contribution in [3.8, 4) is 0 Å². The predicted molar refractivity (Wildman–Crippen MR) is 110 cm³/mol. The van der Waals surface area contributed by atoms with E-state index in [0.717, 1.165) is 10.8 Å². The van der Waals surface area contributed by atoms with Crippen molar-refractivity contribution in [3.05, 3.63) is 42.5 Å². The van der Waals surface area contributed by atoms with Crippen molar-refractivity contribution in [1.29, 1.82) is 0 Å². The molecule has 6 nitrogen and oxygen atoms in total. The molecule has 0 aliphatic carbocycles. The smallest absolute Gasteiger partial charge is 0.252 e. The number of carbonyl (C=O) groups excluding carboxylic acids is 1. The van der Waals surface area contributed by atoms with E-state index in [1.807, 2.05) is 38.1 Å². The minimum absolute atomic E-state index is 0.180. The maximum Gasteiger partial charge on any atom is 0.252 e. The molecule has 1 amide bonds. The lowest BCUT2D eigenvalue weighted by Gasteiger charge is -2.23. The van der Waals surface area contributed by atoms with Gasteiger partial charge in [-0.1, -0.05) is 44.2 Å². The van der Waals surface area contributed by atoms with Gasteiger partial charge in [0.05, 0.1) is 4.90 Å². The minimum atomic E-state index is -3.80. The zero-order valence-corrected chi connectivity index (χ0v) is 17.1. The van der Waals surface area contributed by atoms with Crippen LogP contribution < -0.4 is 10.9 Å². The number of amides is 1. The molecular weight excluding hydrogens is 382 g/mol. The number of hydrazine groups is 1. The molecule has 0 unspecified atom stereocenters. The van der Waals surface area contributed by atoms with Crippen LogP contribution in [0.15, 0.2) is 47.4 Å². The number of sulfonamides is 1. The Hall–Kier alpha value is -1.61. The number of benzene rings is 2. The maximum absolute atomic E-state index is 13.2. The quantitative estimate of drug-likeness (QED) is 0.507. The highest BCUT2D eigenvalue weighted by Crippen LogP contribution is 2.30. The van der Waals surface area contributed by atoms with Gasteiger partial charge in [0.25, 0.3) is 5.91 Å². The average molecular weight is 408 g/mol. The Balaban J connectivity index is 1.85. The molecule has 3 rings (SSSR count). The van der Waals surface area contributed by atoms with Crippen LogP contribution in [0.5, 0.6) is 0 Å². The highest BCUT2D eigenvalue weighted by Gasteiger charge is 2.42. The van der Waals surface area contributed by atoms with Gasteiger partial charge >= 0.3 is 0 Å². The summed E-state index contributed by atoms with van der Waals surface area (Å²) in [6.07, 6.45) is 0.380. The van der Waals surface area contributed by atoms with Crippen LogP contribution in [0.2, 0.25) is 0 Å². The first kappa shape index (κ1) is 20.1. The highest BCUT2D eigenvalue weighted by molar-refractivity contribution is 7.89. The third kappa shape index (κ3) is 4.45. The molecule has 2 atom stereocenters. The molecule has 0 bridgehead atoms. The number of nitrogens with one attached hydrogen (secondary N) is 2. The van der Waals surface area contributed by atoms with Crippen molar-refractivity contribution in [2.24, 2.45) is 5.92 Å². The Morgan fingerprint density at radius 2 is 1.93 bits per heavy atom. The predicted octanol–water partition coefficient (Wildman–Crippen LogP) is 2.18. The zero-order chi connectivity index (χ0) is 19.6. The van der Waals surface area contributed by atoms with E-state index >= 15 is 0 Å². The van der Waals surface area contributed by atoms with Crippen LogP contribution in [0.4, 0.5) is 0 Å². The van der Waals surface area contributed by atoms with E-state index in [2.05, 4.69) is 23.5 Å². The highest BCUT2D eigenvalue weighted by atomic mass is 32.2. The summed E-state index contributed by atoms with van der Waals surface area (Å²) >= 11 is 4.43. The van der Waals surface area contributed by atoms with Gasteiger partial charge in [-0.25, -0.2) is 13.8 Å². The number of nitrogens with zero attached hydrogens (tertiary/aromatic N) is 1. The summed E-state index contributed by atoms with van der Waals surface area (Å²) in [4.78, 5) is 12.8. The summed E-state index contributed by atoms with van der Waals surface area (Å²) < 4.78 is 27.7. The lowest BCUT2D eigenvalue weighted by Crippen LogP contribution is -2.50. The van der Waals surface area contributed by atoms with E-state index in [0.29, 0.717) is 18.9 Å². The fourth-order valence-electron chi connectivity index (χ4n) is 3.18. The van der Waals surface area contributed by atoms with Gasteiger partial charge in [0.1, 0.15) is 6.04 Å². The largest absolute Gasteiger partial charge is 0.290 e. The minimum Gasteiger partial charge on any atom is -0.290 e. The number of hydrogen-bond donors (Lipinski definition) is 3. The Morgan fingerprint density at radius 3 is 2.63 bits per heavy atom. The monoisotopic (exact) mass is 407 g/mol. The molecule has 0 radical (unpaired) electrons. The Bertz CT molecular complexity index is 931. The first-order valence-corrected chi connectivity index (χ1v) is 11.0. The SMILES string of the molecule is CC(C)CNNC(=O)[C@@H]1C[C@@H](S)CN1S(=O)(=O)c1ccc2ccccc2c1. The van der Waals surface area contributed by atoms with Gasteiger partial charge in [0, 0.05) is 18.3 Å². The van der Waals surface area contributed by atoms with Gasteiger partial charge in [-0.2, -0.15) is 16.9 Å². The van der Waals surface area contributed by atoms with Crippen LogP contribution in [-0.4, -0.2) is 43.0 Å². The Kier molecular flexibility index (Phi) is 6.10. The molecule has 0 aromatic heterocycles. The van der Waals surface area contributed by atoms with Gasteiger partial charge < -0.3 is 0 Å². The van der Waals surface area contributed by atoms with Crippen LogP contribution >= 0.6 is 12.6 Å². The molecular formula is C19H25N3O3S2. The fourth-order valence-corrected chi connectivity index (χ4v) is 5.34. The molecule has 1 aliphatic rings. The fraction of sp³-hybridized carbons (Fsp3) is 0.421. The lowest BCUT2D eigenvalue weighted by atomic mass is 10.1. The lowest BCUT2D eigenvalue weighted by molar-refractivity contribution is -0.125. The van der Waals surface area contributed by atoms with Crippen LogP contribution in [0.25, 0.3) is 10.8 Å². The third-order valence-electron chi connectivity index (χ3n) is 4.59. The number of fused-ring (bicyclic) bond motifs is 1. The normalized spacial score (nSPS) is 21.0. The molecule has 2 N–H and O–H groups in total.